The van der Waals surface area contributed by atoms with E-state index >= 15 is 0 Å². The van der Waals surface area contributed by atoms with Gasteiger partial charge < -0.3 is 5.73 Å². The number of allylic oxidation sites excluding steroid dienone is 2. The van der Waals surface area contributed by atoms with Crippen molar-refractivity contribution in [1.82, 2.24) is 9.99 Å². The first-order chi connectivity index (χ1) is 9.65. The molecule has 0 radical (unpaired) electrons. The minimum Gasteiger partial charge on any atom is -0.383 e. The second-order valence-electron chi connectivity index (χ2n) is 4.60. The number of fused-ring (bicyclic) bond motifs is 1. The molecule has 3 heterocycles. The highest BCUT2D eigenvalue weighted by atomic mass is 79.9. The van der Waals surface area contributed by atoms with Crippen molar-refractivity contribution in [2.24, 2.45) is 15.8 Å². The molecule has 0 spiro atoms. The van der Waals surface area contributed by atoms with Crippen LogP contribution >= 0.6 is 15.9 Å². The van der Waals surface area contributed by atoms with E-state index in [4.69, 9.17) is 5.73 Å². The van der Waals surface area contributed by atoms with Crippen LogP contribution in [0.4, 0.5) is 0 Å². The molecule has 0 fully saturated rings. The number of rotatable bonds is 2. The van der Waals surface area contributed by atoms with Crippen molar-refractivity contribution in [3.8, 4) is 0 Å². The summed E-state index contributed by atoms with van der Waals surface area (Å²) in [5.41, 5.74) is 9.07. The molecule has 6 heteroatoms. The highest BCUT2D eigenvalue weighted by molar-refractivity contribution is 9.10. The maximum atomic E-state index is 6.24. The Bertz CT molecular complexity index is 672. The zero-order valence-electron chi connectivity index (χ0n) is 11.0. The molecule has 1 aromatic rings. The Morgan fingerprint density at radius 2 is 2.25 bits per heavy atom. The van der Waals surface area contributed by atoms with Gasteiger partial charge in [-0.1, -0.05) is 6.07 Å². The van der Waals surface area contributed by atoms with Gasteiger partial charge in [0.15, 0.2) is 5.82 Å². The Hall–Kier alpha value is -1.95. The minimum absolute atomic E-state index is 0.626. The van der Waals surface area contributed by atoms with Gasteiger partial charge in [0.1, 0.15) is 10.4 Å². The van der Waals surface area contributed by atoms with Gasteiger partial charge in [0, 0.05) is 36.0 Å². The summed E-state index contributed by atoms with van der Waals surface area (Å²) in [6.45, 7) is 1.97. The van der Waals surface area contributed by atoms with Crippen molar-refractivity contribution in [2.75, 3.05) is 0 Å². The average molecular weight is 332 g/mol. The van der Waals surface area contributed by atoms with Gasteiger partial charge >= 0.3 is 0 Å². The predicted molar refractivity (Wildman–Crippen MR) is 83.0 cm³/mol. The van der Waals surface area contributed by atoms with Crippen molar-refractivity contribution in [1.29, 1.82) is 0 Å². The van der Waals surface area contributed by atoms with Crippen LogP contribution in [-0.4, -0.2) is 21.9 Å². The molecule has 0 saturated heterocycles. The zero-order chi connectivity index (χ0) is 14.1. The molecule has 5 nitrogen and oxygen atoms in total. The molecular formula is C14H14BrN5. The SMILES string of the molecule is CC1=NC2=CCC=NN2C(N)=C1Cc1cccc(Br)n1. The van der Waals surface area contributed by atoms with Crippen molar-refractivity contribution < 1.29 is 0 Å². The maximum Gasteiger partial charge on any atom is 0.152 e. The largest absolute Gasteiger partial charge is 0.383 e. The van der Waals surface area contributed by atoms with Crippen molar-refractivity contribution in [3.05, 3.63) is 51.8 Å². The first-order valence-electron chi connectivity index (χ1n) is 6.33. The van der Waals surface area contributed by atoms with Gasteiger partial charge in [0.2, 0.25) is 0 Å². The number of hydrogen-bond donors (Lipinski definition) is 1. The lowest BCUT2D eigenvalue weighted by atomic mass is 10.0. The summed E-state index contributed by atoms with van der Waals surface area (Å²) in [4.78, 5) is 9.01. The molecule has 2 aliphatic heterocycles. The molecule has 102 valence electrons. The second-order valence-corrected chi connectivity index (χ2v) is 5.41. The fraction of sp³-hybridized carbons (Fsp3) is 0.214. The minimum atomic E-state index is 0.626. The van der Waals surface area contributed by atoms with E-state index in [0.717, 1.165) is 33.8 Å². The molecule has 1 aromatic heterocycles. The molecule has 0 aliphatic carbocycles. The molecule has 2 aliphatic rings. The summed E-state index contributed by atoms with van der Waals surface area (Å²) in [5, 5.41) is 5.98. The second kappa shape index (κ2) is 5.20. The molecule has 3 rings (SSSR count). The van der Waals surface area contributed by atoms with E-state index in [1.54, 1.807) is 5.01 Å². The summed E-state index contributed by atoms with van der Waals surface area (Å²) in [5.74, 6) is 1.43. The maximum absolute atomic E-state index is 6.24. The van der Waals surface area contributed by atoms with Crippen LogP contribution in [0.2, 0.25) is 0 Å². The molecule has 0 unspecified atom stereocenters. The number of hydrazone groups is 1. The van der Waals surface area contributed by atoms with E-state index in [2.05, 4.69) is 31.0 Å². The third-order valence-electron chi connectivity index (χ3n) is 3.21. The van der Waals surface area contributed by atoms with Crippen molar-refractivity contribution >= 4 is 27.9 Å². The monoisotopic (exact) mass is 331 g/mol. The number of halogens is 1. The fourth-order valence-electron chi connectivity index (χ4n) is 2.21. The van der Waals surface area contributed by atoms with Crippen LogP contribution in [0, 0.1) is 0 Å². The van der Waals surface area contributed by atoms with Crippen LogP contribution in [0.1, 0.15) is 19.0 Å². The number of nitrogens with zero attached hydrogens (tertiary/aromatic N) is 4. The van der Waals surface area contributed by atoms with E-state index in [-0.39, 0.29) is 0 Å². The lowest BCUT2D eigenvalue weighted by Gasteiger charge is -2.28. The summed E-state index contributed by atoms with van der Waals surface area (Å²) in [6, 6.07) is 5.84. The molecule has 20 heavy (non-hydrogen) atoms. The number of aromatic nitrogens is 1. The quantitative estimate of drug-likeness (QED) is 0.847. The van der Waals surface area contributed by atoms with E-state index in [9.17, 15) is 0 Å². The molecule has 0 atom stereocenters. The Morgan fingerprint density at radius 3 is 3.05 bits per heavy atom. The Morgan fingerprint density at radius 1 is 1.40 bits per heavy atom. The van der Waals surface area contributed by atoms with Gasteiger partial charge in [-0.05, 0) is 41.1 Å². The normalized spacial score (nSPS) is 17.8. The third kappa shape index (κ3) is 2.38. The summed E-state index contributed by atoms with van der Waals surface area (Å²) in [6.07, 6.45) is 5.26. The van der Waals surface area contributed by atoms with Gasteiger partial charge in [-0.3, -0.25) is 0 Å². The first kappa shape index (κ1) is 13.1. The smallest absolute Gasteiger partial charge is 0.152 e. The van der Waals surface area contributed by atoms with Crippen molar-refractivity contribution in [3.63, 3.8) is 0 Å². The van der Waals surface area contributed by atoms with Crippen molar-refractivity contribution in [2.45, 2.75) is 19.8 Å². The number of nitrogens with two attached hydrogens (primary N) is 1. The van der Waals surface area contributed by atoms with E-state index in [1.807, 2.05) is 37.4 Å². The standard InChI is InChI=1S/C14H14BrN5/c1-9-11(8-10-4-2-5-12(15)19-10)14(16)20-13(18-9)6-3-7-17-20/h2,4-7H,3,8,16H2,1H3. The summed E-state index contributed by atoms with van der Waals surface area (Å²) in [7, 11) is 0. The van der Waals surface area contributed by atoms with Crippen LogP contribution in [0.25, 0.3) is 0 Å². The van der Waals surface area contributed by atoms with E-state index in [1.165, 1.54) is 0 Å². The molecule has 0 bridgehead atoms. The van der Waals surface area contributed by atoms with Crippen LogP contribution < -0.4 is 5.73 Å². The highest BCUT2D eigenvalue weighted by Crippen LogP contribution is 2.26. The Labute approximate surface area is 125 Å². The van der Waals surface area contributed by atoms with Gasteiger partial charge in [-0.25, -0.2) is 9.98 Å². The Kier molecular flexibility index (Phi) is 3.40. The highest BCUT2D eigenvalue weighted by Gasteiger charge is 2.24. The predicted octanol–water partition coefficient (Wildman–Crippen LogP) is 2.56. The van der Waals surface area contributed by atoms with E-state index < -0.39 is 0 Å². The van der Waals surface area contributed by atoms with E-state index in [0.29, 0.717) is 12.2 Å². The molecule has 0 saturated carbocycles. The Balaban J connectivity index is 1.96. The molecular weight excluding hydrogens is 318 g/mol. The van der Waals surface area contributed by atoms with Crippen LogP contribution in [-0.2, 0) is 6.42 Å². The lowest BCUT2D eigenvalue weighted by molar-refractivity contribution is 0.428. The van der Waals surface area contributed by atoms with Crippen LogP contribution in [0.5, 0.6) is 0 Å². The third-order valence-corrected chi connectivity index (χ3v) is 3.65. The number of aliphatic imine (C=N–C) groups is 1. The number of hydrogen-bond acceptors (Lipinski definition) is 5. The molecule has 0 amide bonds. The average Bonchev–Trinajstić information content (AvgIpc) is 2.43. The molecule has 2 N–H and O–H groups in total. The van der Waals surface area contributed by atoms with Crippen LogP contribution in [0.15, 0.2) is 56.2 Å². The topological polar surface area (TPSA) is 66.9 Å². The summed E-state index contributed by atoms with van der Waals surface area (Å²) < 4.78 is 0.816. The zero-order valence-corrected chi connectivity index (χ0v) is 12.6. The van der Waals surface area contributed by atoms with Gasteiger partial charge in [0.25, 0.3) is 0 Å². The van der Waals surface area contributed by atoms with Gasteiger partial charge in [0.05, 0.1) is 0 Å². The van der Waals surface area contributed by atoms with Gasteiger partial charge in [-0.15, -0.1) is 0 Å². The number of pyridine rings is 1. The summed E-state index contributed by atoms with van der Waals surface area (Å²) >= 11 is 3.38. The fourth-order valence-corrected chi connectivity index (χ4v) is 2.59. The van der Waals surface area contributed by atoms with Crippen LogP contribution in [0.3, 0.4) is 0 Å². The lowest BCUT2D eigenvalue weighted by Crippen LogP contribution is -2.31. The molecule has 0 aromatic carbocycles. The first-order valence-corrected chi connectivity index (χ1v) is 7.13. The van der Waals surface area contributed by atoms with Gasteiger partial charge in [-0.2, -0.15) is 10.1 Å².